The first-order chi connectivity index (χ1) is 9.97. The number of rotatable bonds is 4. The number of carbonyl (C=O) groups is 2. The van der Waals surface area contributed by atoms with Crippen molar-refractivity contribution in [1.29, 1.82) is 0 Å². The molecule has 0 aliphatic rings. The molecule has 5 nitrogen and oxygen atoms in total. The van der Waals surface area contributed by atoms with Gasteiger partial charge in [-0.25, -0.2) is 9.18 Å². The zero-order chi connectivity index (χ0) is 15.4. The average Bonchev–Trinajstić information content (AvgIpc) is 2.46. The molecule has 0 radical (unpaired) electrons. The van der Waals surface area contributed by atoms with Gasteiger partial charge in [0.1, 0.15) is 12.4 Å². The van der Waals surface area contributed by atoms with Crippen molar-refractivity contribution >= 4 is 17.6 Å². The Kier molecular flexibility index (Phi) is 4.18. The van der Waals surface area contributed by atoms with Crippen molar-refractivity contribution in [3.63, 3.8) is 0 Å². The average molecular weight is 288 g/mol. The van der Waals surface area contributed by atoms with Crippen LogP contribution in [0.1, 0.15) is 26.3 Å². The lowest BCUT2D eigenvalue weighted by atomic mass is 10.1. The highest BCUT2D eigenvalue weighted by molar-refractivity contribution is 5.92. The minimum Gasteiger partial charge on any atom is -0.457 e. The molecule has 0 fully saturated rings. The number of carbonyl (C=O) groups excluding carboxylic acids is 2. The van der Waals surface area contributed by atoms with Crippen molar-refractivity contribution in [3.8, 4) is 0 Å². The van der Waals surface area contributed by atoms with Gasteiger partial charge >= 0.3 is 5.97 Å². The monoisotopic (exact) mass is 288 g/mol. The number of benzene rings is 2. The summed E-state index contributed by atoms with van der Waals surface area (Å²) >= 11 is 0. The van der Waals surface area contributed by atoms with Crippen LogP contribution in [-0.4, -0.2) is 11.9 Å². The molecule has 6 heteroatoms. The van der Waals surface area contributed by atoms with Gasteiger partial charge in [-0.05, 0) is 36.4 Å². The second-order valence-electron chi connectivity index (χ2n) is 4.37. The largest absolute Gasteiger partial charge is 0.457 e. The maximum atomic E-state index is 13.7. The highest BCUT2D eigenvalue weighted by atomic mass is 19.1. The standard InChI is InChI=1S/C15H13FN2O3/c16-13-7-10(14(18)19)1-2-11(13)8-21-15(20)9-3-5-12(17)6-4-9/h1-7H,8,17H2,(H2,18,19). The maximum absolute atomic E-state index is 13.7. The summed E-state index contributed by atoms with van der Waals surface area (Å²) in [6.07, 6.45) is 0. The molecule has 2 aromatic rings. The lowest BCUT2D eigenvalue weighted by molar-refractivity contribution is 0.0468. The predicted octanol–water partition coefficient (Wildman–Crippen LogP) is 1.86. The van der Waals surface area contributed by atoms with Crippen LogP contribution in [0.5, 0.6) is 0 Å². The Morgan fingerprint density at radius 1 is 1.05 bits per heavy atom. The second kappa shape index (κ2) is 6.04. The lowest BCUT2D eigenvalue weighted by Crippen LogP contribution is -2.12. The minimum atomic E-state index is -0.723. The molecule has 0 aliphatic heterocycles. The topological polar surface area (TPSA) is 95.4 Å². The molecule has 4 N–H and O–H groups in total. The molecule has 108 valence electrons. The van der Waals surface area contributed by atoms with Crippen molar-refractivity contribution in [2.24, 2.45) is 5.73 Å². The van der Waals surface area contributed by atoms with E-state index in [1.165, 1.54) is 24.3 Å². The van der Waals surface area contributed by atoms with Crippen LogP contribution in [0.25, 0.3) is 0 Å². The summed E-state index contributed by atoms with van der Waals surface area (Å²) in [5.74, 6) is -1.97. The van der Waals surface area contributed by atoms with Crippen LogP contribution in [-0.2, 0) is 11.3 Å². The molecule has 2 rings (SSSR count). The third-order valence-electron chi connectivity index (χ3n) is 2.84. The number of primary amides is 1. The van der Waals surface area contributed by atoms with Gasteiger partial charge in [-0.15, -0.1) is 0 Å². The number of nitrogen functional groups attached to an aromatic ring is 1. The molecular formula is C15H13FN2O3. The Balaban J connectivity index is 2.04. The predicted molar refractivity (Wildman–Crippen MR) is 74.9 cm³/mol. The molecule has 2 aromatic carbocycles. The third-order valence-corrected chi connectivity index (χ3v) is 2.84. The fourth-order valence-corrected chi connectivity index (χ4v) is 1.66. The van der Waals surface area contributed by atoms with E-state index in [0.717, 1.165) is 6.07 Å². The highest BCUT2D eigenvalue weighted by Gasteiger charge is 2.11. The number of hydrogen-bond donors (Lipinski definition) is 2. The van der Waals surface area contributed by atoms with Crippen LogP contribution in [0, 0.1) is 5.82 Å². The van der Waals surface area contributed by atoms with Crippen molar-refractivity contribution in [1.82, 2.24) is 0 Å². The van der Waals surface area contributed by atoms with Crippen molar-refractivity contribution in [2.45, 2.75) is 6.61 Å². The lowest BCUT2D eigenvalue weighted by Gasteiger charge is -2.07. The summed E-state index contributed by atoms with van der Waals surface area (Å²) in [4.78, 5) is 22.7. The Hall–Kier alpha value is -2.89. The van der Waals surface area contributed by atoms with E-state index in [9.17, 15) is 14.0 Å². The summed E-state index contributed by atoms with van der Waals surface area (Å²) in [6, 6.07) is 9.91. The molecule has 0 aromatic heterocycles. The third kappa shape index (κ3) is 3.56. The van der Waals surface area contributed by atoms with Gasteiger partial charge in [0.15, 0.2) is 0 Å². The number of amides is 1. The van der Waals surface area contributed by atoms with Crippen LogP contribution in [0.15, 0.2) is 42.5 Å². The molecule has 0 unspecified atom stereocenters. The zero-order valence-corrected chi connectivity index (χ0v) is 11.0. The summed E-state index contributed by atoms with van der Waals surface area (Å²) in [5, 5.41) is 0. The number of anilines is 1. The Bertz CT molecular complexity index is 684. The summed E-state index contributed by atoms with van der Waals surface area (Å²) in [6.45, 7) is -0.242. The van der Waals surface area contributed by atoms with E-state index >= 15 is 0 Å². The Morgan fingerprint density at radius 3 is 2.24 bits per heavy atom. The number of ether oxygens (including phenoxy) is 1. The van der Waals surface area contributed by atoms with Crippen LogP contribution in [0.3, 0.4) is 0 Å². The molecule has 1 amide bonds. The summed E-state index contributed by atoms with van der Waals surface area (Å²) in [5.41, 5.74) is 11.6. The smallest absolute Gasteiger partial charge is 0.338 e. The van der Waals surface area contributed by atoms with Gasteiger partial charge in [0.2, 0.25) is 5.91 Å². The number of hydrogen-bond acceptors (Lipinski definition) is 4. The van der Waals surface area contributed by atoms with Crippen molar-refractivity contribution in [2.75, 3.05) is 5.73 Å². The van der Waals surface area contributed by atoms with Crippen LogP contribution in [0.4, 0.5) is 10.1 Å². The molecule has 0 aliphatic carbocycles. The van der Waals surface area contributed by atoms with Gasteiger partial charge in [0, 0.05) is 16.8 Å². The fraction of sp³-hybridized carbons (Fsp3) is 0.0667. The summed E-state index contributed by atoms with van der Waals surface area (Å²) < 4.78 is 18.7. The number of esters is 1. The van der Waals surface area contributed by atoms with Crippen LogP contribution >= 0.6 is 0 Å². The van der Waals surface area contributed by atoms with E-state index in [2.05, 4.69) is 0 Å². The Labute approximate surface area is 120 Å². The van der Waals surface area contributed by atoms with Gasteiger partial charge in [0.25, 0.3) is 0 Å². The number of halogens is 1. The van der Waals surface area contributed by atoms with Gasteiger partial charge < -0.3 is 16.2 Å². The van der Waals surface area contributed by atoms with Gasteiger partial charge in [-0.1, -0.05) is 6.07 Å². The second-order valence-corrected chi connectivity index (χ2v) is 4.37. The first-order valence-corrected chi connectivity index (χ1v) is 6.08. The molecule has 0 saturated carbocycles. The molecule has 0 spiro atoms. The summed E-state index contributed by atoms with van der Waals surface area (Å²) in [7, 11) is 0. The molecule has 0 saturated heterocycles. The molecule has 21 heavy (non-hydrogen) atoms. The van der Waals surface area contributed by atoms with Crippen molar-refractivity contribution in [3.05, 3.63) is 65.0 Å². The van der Waals surface area contributed by atoms with Gasteiger partial charge in [-0.3, -0.25) is 4.79 Å². The van der Waals surface area contributed by atoms with E-state index in [1.807, 2.05) is 0 Å². The van der Waals surface area contributed by atoms with E-state index in [4.69, 9.17) is 16.2 Å². The molecule has 0 bridgehead atoms. The van der Waals surface area contributed by atoms with Crippen molar-refractivity contribution < 1.29 is 18.7 Å². The van der Waals surface area contributed by atoms with Crippen LogP contribution in [0.2, 0.25) is 0 Å². The van der Waals surface area contributed by atoms with Crippen LogP contribution < -0.4 is 11.5 Å². The quantitative estimate of drug-likeness (QED) is 0.663. The highest BCUT2D eigenvalue weighted by Crippen LogP contribution is 2.13. The molecule has 0 heterocycles. The molecular weight excluding hydrogens is 275 g/mol. The van der Waals surface area contributed by atoms with Gasteiger partial charge in [-0.2, -0.15) is 0 Å². The van der Waals surface area contributed by atoms with E-state index in [0.29, 0.717) is 11.3 Å². The van der Waals surface area contributed by atoms with E-state index in [-0.39, 0.29) is 17.7 Å². The fourth-order valence-electron chi connectivity index (χ4n) is 1.66. The first-order valence-electron chi connectivity index (χ1n) is 6.08. The minimum absolute atomic E-state index is 0.0566. The Morgan fingerprint density at radius 2 is 1.67 bits per heavy atom. The SMILES string of the molecule is NC(=O)c1ccc(COC(=O)c2ccc(N)cc2)c(F)c1. The number of nitrogens with two attached hydrogens (primary N) is 2. The molecule has 0 atom stereocenters. The van der Waals surface area contributed by atoms with Gasteiger partial charge in [0.05, 0.1) is 5.56 Å². The first kappa shape index (κ1) is 14.5. The van der Waals surface area contributed by atoms with E-state index < -0.39 is 17.7 Å². The van der Waals surface area contributed by atoms with E-state index in [1.54, 1.807) is 12.1 Å². The maximum Gasteiger partial charge on any atom is 0.338 e. The zero-order valence-electron chi connectivity index (χ0n) is 11.0. The normalized spacial score (nSPS) is 10.1.